The Kier molecular flexibility index (Phi) is 8.13. The minimum Gasteiger partial charge on any atom is -0.342 e. The number of rotatable bonds is 8. The number of aromatic nitrogens is 2. The highest BCUT2D eigenvalue weighted by molar-refractivity contribution is 6.43. The van der Waals surface area contributed by atoms with Crippen molar-refractivity contribution >= 4 is 58.0 Å². The minimum atomic E-state index is -4.70. The molecule has 0 aliphatic carbocycles. The molecule has 1 aromatic heterocycles. The van der Waals surface area contributed by atoms with Gasteiger partial charge in [-0.1, -0.05) is 30.3 Å². The minimum absolute atomic E-state index is 0.0175. The highest BCUT2D eigenvalue weighted by Crippen LogP contribution is 2.34. The number of benzene rings is 2. The number of para-hydroxylation sites is 1. The number of nitrogens with one attached hydrogen (secondary N) is 3. The van der Waals surface area contributed by atoms with E-state index in [0.717, 1.165) is 23.1 Å². The van der Waals surface area contributed by atoms with Crippen molar-refractivity contribution in [1.82, 2.24) is 14.9 Å². The van der Waals surface area contributed by atoms with Gasteiger partial charge >= 0.3 is 6.18 Å². The fourth-order valence-electron chi connectivity index (χ4n) is 3.01. The van der Waals surface area contributed by atoms with Gasteiger partial charge in [0.2, 0.25) is 11.9 Å². The molecule has 0 spiro atoms. The lowest BCUT2D eigenvalue weighted by Gasteiger charge is -2.15. The van der Waals surface area contributed by atoms with E-state index in [4.69, 9.17) is 11.6 Å². The molecule has 9 nitrogen and oxygen atoms in total. The highest BCUT2D eigenvalue weighted by atomic mass is 35.5. The fraction of sp³-hybridized carbons (Fsp3) is 0.125. The molecule has 13 heteroatoms. The van der Waals surface area contributed by atoms with Gasteiger partial charge in [0.15, 0.2) is 5.82 Å². The number of Topliss-reactive ketones (excluding diaryl/α,β-unsaturated/α-hetero) is 1. The number of alkyl halides is 3. The Bertz CT molecular complexity index is 1380. The Balaban J connectivity index is 1.94. The van der Waals surface area contributed by atoms with Gasteiger partial charge in [-0.15, -0.1) is 0 Å². The van der Waals surface area contributed by atoms with Crippen molar-refractivity contribution in [3.05, 3.63) is 77.5 Å². The molecule has 37 heavy (non-hydrogen) atoms. The third-order valence-corrected chi connectivity index (χ3v) is 5.02. The molecular weight excluding hydrogens is 513 g/mol. The third-order valence-electron chi connectivity index (χ3n) is 4.74. The van der Waals surface area contributed by atoms with Gasteiger partial charge in [0, 0.05) is 25.5 Å². The van der Waals surface area contributed by atoms with Crippen molar-refractivity contribution in [3.63, 3.8) is 0 Å². The van der Waals surface area contributed by atoms with Crippen molar-refractivity contribution in [2.45, 2.75) is 6.18 Å². The Labute approximate surface area is 214 Å². The summed E-state index contributed by atoms with van der Waals surface area (Å²) in [5, 5.41) is 7.83. The van der Waals surface area contributed by atoms with E-state index in [9.17, 15) is 27.6 Å². The monoisotopic (exact) mass is 532 g/mol. The maximum Gasteiger partial charge on any atom is 0.416 e. The zero-order valence-corrected chi connectivity index (χ0v) is 20.2. The lowest BCUT2D eigenvalue weighted by molar-refractivity contribution is -0.137. The number of anilines is 5. The van der Waals surface area contributed by atoms with Crippen LogP contribution in [-0.2, 0) is 15.8 Å². The summed E-state index contributed by atoms with van der Waals surface area (Å²) in [4.78, 5) is 45.7. The number of hydrogen-bond acceptors (Lipinski definition) is 7. The summed E-state index contributed by atoms with van der Waals surface area (Å²) in [6.07, 6.45) is -2.58. The first kappa shape index (κ1) is 27.1. The predicted molar refractivity (Wildman–Crippen MR) is 133 cm³/mol. The number of carbonyl (C=O) groups excluding carboxylic acids is 3. The first-order chi connectivity index (χ1) is 17.4. The van der Waals surface area contributed by atoms with Crippen LogP contribution in [0.5, 0.6) is 0 Å². The second-order valence-corrected chi connectivity index (χ2v) is 8.11. The summed E-state index contributed by atoms with van der Waals surface area (Å²) in [6.45, 7) is 3.27. The van der Waals surface area contributed by atoms with Gasteiger partial charge in [-0.25, -0.2) is 4.98 Å². The van der Waals surface area contributed by atoms with Crippen LogP contribution in [0, 0.1) is 0 Å². The Morgan fingerprint density at radius 2 is 1.73 bits per heavy atom. The summed E-state index contributed by atoms with van der Waals surface area (Å²) in [5.41, 5.74) is -0.946. The molecule has 0 radical (unpaired) electrons. The first-order valence-electron chi connectivity index (χ1n) is 10.5. The number of nitrogens with zero attached hydrogens (tertiary/aromatic N) is 3. The quantitative estimate of drug-likeness (QED) is 0.212. The number of ketones is 1. The van der Waals surface area contributed by atoms with Crippen LogP contribution in [0.2, 0.25) is 5.02 Å². The van der Waals surface area contributed by atoms with Gasteiger partial charge in [0.1, 0.15) is 5.02 Å². The van der Waals surface area contributed by atoms with Gasteiger partial charge in [-0.3, -0.25) is 14.4 Å². The van der Waals surface area contributed by atoms with Crippen molar-refractivity contribution < 1.29 is 27.6 Å². The summed E-state index contributed by atoms with van der Waals surface area (Å²) >= 11 is 6.20. The third kappa shape index (κ3) is 6.82. The van der Waals surface area contributed by atoms with E-state index in [-0.39, 0.29) is 39.4 Å². The number of likely N-dealkylation sites (N-methyl/N-ethyl adjacent to an activating group) is 1. The van der Waals surface area contributed by atoms with Gasteiger partial charge in [-0.2, -0.15) is 18.2 Å². The molecule has 0 unspecified atom stereocenters. The van der Waals surface area contributed by atoms with Crippen LogP contribution in [0.3, 0.4) is 0 Å². The Morgan fingerprint density at radius 3 is 2.38 bits per heavy atom. The van der Waals surface area contributed by atoms with Crippen LogP contribution in [0.25, 0.3) is 0 Å². The van der Waals surface area contributed by atoms with Crippen LogP contribution in [0.1, 0.15) is 15.9 Å². The topological polar surface area (TPSA) is 116 Å². The maximum absolute atomic E-state index is 13.4. The van der Waals surface area contributed by atoms with E-state index in [2.05, 4.69) is 32.5 Å². The largest absolute Gasteiger partial charge is 0.416 e. The second kappa shape index (κ2) is 11.1. The summed E-state index contributed by atoms with van der Waals surface area (Å²) in [5.74, 6) is -2.33. The van der Waals surface area contributed by atoms with Crippen molar-refractivity contribution in [2.75, 3.05) is 30.0 Å². The lowest BCUT2D eigenvalue weighted by atomic mass is 10.1. The van der Waals surface area contributed by atoms with E-state index >= 15 is 0 Å². The van der Waals surface area contributed by atoms with Crippen LogP contribution < -0.4 is 16.0 Å². The van der Waals surface area contributed by atoms with Crippen molar-refractivity contribution in [2.24, 2.45) is 0 Å². The van der Waals surface area contributed by atoms with E-state index in [1.54, 1.807) is 12.1 Å². The molecule has 2 amide bonds. The number of halogens is 4. The van der Waals surface area contributed by atoms with Crippen LogP contribution in [0.4, 0.5) is 42.0 Å². The van der Waals surface area contributed by atoms with Crippen LogP contribution >= 0.6 is 11.6 Å². The van der Waals surface area contributed by atoms with Gasteiger partial charge in [0.05, 0.1) is 23.0 Å². The molecule has 0 bridgehead atoms. The Morgan fingerprint density at radius 1 is 1.05 bits per heavy atom. The lowest BCUT2D eigenvalue weighted by Crippen LogP contribution is -2.30. The standard InChI is InChI=1S/C24H20ClF3N6O3/c1-4-19(35)30-14-9-13(24(26,27)28)10-15(11-14)31-23-29-12-17(25)21(33-23)32-18-8-6-5-7-16(18)20(36)22(37)34(2)3/h4-12H,1H2,2-3H3,(H,30,35)(H2,29,31,32,33). The second-order valence-electron chi connectivity index (χ2n) is 7.70. The molecule has 1 heterocycles. The van der Waals surface area contributed by atoms with E-state index in [0.29, 0.717) is 0 Å². The zero-order valence-electron chi connectivity index (χ0n) is 19.5. The maximum atomic E-state index is 13.4. The molecule has 0 saturated carbocycles. The predicted octanol–water partition coefficient (Wildman–Crippen LogP) is 5.03. The van der Waals surface area contributed by atoms with Crippen LogP contribution in [-0.4, -0.2) is 46.6 Å². The van der Waals surface area contributed by atoms with E-state index in [1.165, 1.54) is 38.5 Å². The molecule has 0 atom stereocenters. The normalized spacial score (nSPS) is 10.9. The summed E-state index contributed by atoms with van der Waals surface area (Å²) < 4.78 is 40.2. The van der Waals surface area contributed by atoms with Crippen molar-refractivity contribution in [3.8, 4) is 0 Å². The first-order valence-corrected chi connectivity index (χ1v) is 10.8. The summed E-state index contributed by atoms with van der Waals surface area (Å²) in [6, 6.07) is 9.01. The molecule has 2 aromatic carbocycles. The molecule has 3 rings (SSSR count). The van der Waals surface area contributed by atoms with Gasteiger partial charge in [-0.05, 0) is 36.4 Å². The van der Waals surface area contributed by atoms with Gasteiger partial charge < -0.3 is 20.9 Å². The zero-order chi connectivity index (χ0) is 27.3. The highest BCUT2D eigenvalue weighted by Gasteiger charge is 2.31. The smallest absolute Gasteiger partial charge is 0.342 e. The van der Waals surface area contributed by atoms with E-state index in [1.807, 2.05) is 0 Å². The van der Waals surface area contributed by atoms with E-state index < -0.39 is 29.3 Å². The number of amides is 2. The van der Waals surface area contributed by atoms with Gasteiger partial charge in [0.25, 0.3) is 11.7 Å². The average Bonchev–Trinajstić information content (AvgIpc) is 2.84. The summed E-state index contributed by atoms with van der Waals surface area (Å²) in [7, 11) is 2.88. The molecule has 0 aliphatic rings. The molecule has 3 N–H and O–H groups in total. The SMILES string of the molecule is C=CC(=O)Nc1cc(Nc2ncc(Cl)c(Nc3ccccc3C(=O)C(=O)N(C)C)n2)cc(C(F)(F)F)c1. The van der Waals surface area contributed by atoms with Crippen LogP contribution in [0.15, 0.2) is 61.3 Å². The molecule has 0 aliphatic heterocycles. The molecule has 3 aromatic rings. The number of hydrogen-bond donors (Lipinski definition) is 3. The molecule has 192 valence electrons. The fourth-order valence-corrected chi connectivity index (χ4v) is 3.15. The Hall–Kier alpha value is -4.45. The molecule has 0 fully saturated rings. The molecular formula is C24H20ClF3N6O3. The van der Waals surface area contributed by atoms with Crippen molar-refractivity contribution in [1.29, 1.82) is 0 Å². The number of carbonyl (C=O) groups is 3. The molecule has 0 saturated heterocycles. The average molecular weight is 533 g/mol.